The Kier molecular flexibility index (Phi) is 8.27. The quantitative estimate of drug-likeness (QED) is 0.673. The summed E-state index contributed by atoms with van der Waals surface area (Å²) in [7, 11) is 0. The third kappa shape index (κ3) is 4.96. The Labute approximate surface area is 131 Å². The van der Waals surface area contributed by atoms with Crippen LogP contribution in [0, 0.1) is 5.92 Å². The minimum atomic E-state index is 0.0211. The summed E-state index contributed by atoms with van der Waals surface area (Å²) < 4.78 is 0. The highest BCUT2D eigenvalue weighted by molar-refractivity contribution is 5.84. The second-order valence-electron chi connectivity index (χ2n) is 6.30. The van der Waals surface area contributed by atoms with Crippen LogP contribution in [0.25, 0.3) is 0 Å². The van der Waals surface area contributed by atoms with Gasteiger partial charge >= 0.3 is 0 Å². The molecule has 0 radical (unpaired) electrons. The van der Waals surface area contributed by atoms with Crippen molar-refractivity contribution in [3.8, 4) is 0 Å². The molecule has 0 spiro atoms. The van der Waals surface area contributed by atoms with Crippen molar-refractivity contribution in [2.24, 2.45) is 5.92 Å². The van der Waals surface area contributed by atoms with Crippen molar-refractivity contribution in [2.75, 3.05) is 26.2 Å². The lowest BCUT2D eigenvalue weighted by Crippen LogP contribution is -2.42. The Morgan fingerprint density at radius 3 is 2.43 bits per heavy atom. The summed E-state index contributed by atoms with van der Waals surface area (Å²) in [5.74, 6) is 0.732. The van der Waals surface area contributed by atoms with Crippen molar-refractivity contribution in [2.45, 2.75) is 72.5 Å². The van der Waals surface area contributed by atoms with E-state index in [0.29, 0.717) is 11.8 Å². The van der Waals surface area contributed by atoms with Crippen molar-refractivity contribution in [1.82, 2.24) is 15.1 Å². The molecule has 1 fully saturated rings. The molecular weight excluding hydrogens is 262 g/mol. The Hall–Kier alpha value is -0.610. The summed E-state index contributed by atoms with van der Waals surface area (Å²) in [6, 6.07) is 0.0211. The number of carbonyl (C=O) groups excluding carboxylic acids is 1. The first-order valence-corrected chi connectivity index (χ1v) is 8.87. The van der Waals surface area contributed by atoms with Gasteiger partial charge in [-0.15, -0.1) is 0 Å². The standard InChI is InChI=1S/C17H35N3O/c1-6-10-15-18-16(14(5)8-3)17(21)20(15)13-12-19(9-4)11-7-2/h14-16,18H,6-13H2,1-5H3. The molecule has 1 aliphatic rings. The molecule has 3 atom stereocenters. The number of carbonyl (C=O) groups is 1. The Balaban J connectivity index is 2.65. The topological polar surface area (TPSA) is 35.6 Å². The predicted molar refractivity (Wildman–Crippen MR) is 89.2 cm³/mol. The molecule has 124 valence electrons. The molecule has 21 heavy (non-hydrogen) atoms. The van der Waals surface area contributed by atoms with Gasteiger partial charge in [0.05, 0.1) is 12.2 Å². The van der Waals surface area contributed by atoms with Crippen LogP contribution in [0.5, 0.6) is 0 Å². The number of hydrogen-bond donors (Lipinski definition) is 1. The normalized spacial score (nSPS) is 24.1. The first-order valence-electron chi connectivity index (χ1n) is 8.87. The van der Waals surface area contributed by atoms with E-state index in [4.69, 9.17) is 0 Å². The number of hydrogen-bond acceptors (Lipinski definition) is 3. The van der Waals surface area contributed by atoms with Gasteiger partial charge in [-0.05, 0) is 31.8 Å². The van der Waals surface area contributed by atoms with Gasteiger partial charge < -0.3 is 9.80 Å². The van der Waals surface area contributed by atoms with Gasteiger partial charge in [-0.2, -0.15) is 0 Å². The third-order valence-electron chi connectivity index (χ3n) is 4.72. The molecule has 0 aromatic heterocycles. The van der Waals surface area contributed by atoms with Gasteiger partial charge in [-0.25, -0.2) is 0 Å². The van der Waals surface area contributed by atoms with Crippen molar-refractivity contribution in [3.05, 3.63) is 0 Å². The second-order valence-corrected chi connectivity index (χ2v) is 6.30. The van der Waals surface area contributed by atoms with Gasteiger partial charge in [0.1, 0.15) is 0 Å². The van der Waals surface area contributed by atoms with E-state index in [1.807, 2.05) is 0 Å². The van der Waals surface area contributed by atoms with E-state index in [1.165, 1.54) is 6.42 Å². The van der Waals surface area contributed by atoms with Crippen molar-refractivity contribution < 1.29 is 4.79 Å². The van der Waals surface area contributed by atoms with E-state index in [-0.39, 0.29) is 12.2 Å². The fraction of sp³-hybridized carbons (Fsp3) is 0.941. The zero-order chi connectivity index (χ0) is 15.8. The number of rotatable bonds is 10. The number of nitrogens with zero attached hydrogens (tertiary/aromatic N) is 2. The molecule has 0 saturated carbocycles. The minimum absolute atomic E-state index is 0.0211. The lowest BCUT2D eigenvalue weighted by atomic mass is 9.99. The van der Waals surface area contributed by atoms with E-state index < -0.39 is 0 Å². The maximum absolute atomic E-state index is 12.7. The molecule has 1 rings (SSSR count). The van der Waals surface area contributed by atoms with Crippen LogP contribution in [0.2, 0.25) is 0 Å². The maximum atomic E-state index is 12.7. The summed E-state index contributed by atoms with van der Waals surface area (Å²) in [6.45, 7) is 15.0. The Morgan fingerprint density at radius 2 is 1.90 bits per heavy atom. The van der Waals surface area contributed by atoms with Crippen LogP contribution in [-0.2, 0) is 4.79 Å². The van der Waals surface area contributed by atoms with E-state index >= 15 is 0 Å². The number of amides is 1. The second kappa shape index (κ2) is 9.42. The van der Waals surface area contributed by atoms with Crippen molar-refractivity contribution in [3.63, 3.8) is 0 Å². The lowest BCUT2D eigenvalue weighted by molar-refractivity contribution is -0.131. The zero-order valence-corrected chi connectivity index (χ0v) is 14.7. The molecule has 4 heteroatoms. The van der Waals surface area contributed by atoms with Crippen LogP contribution >= 0.6 is 0 Å². The third-order valence-corrected chi connectivity index (χ3v) is 4.72. The van der Waals surface area contributed by atoms with Gasteiger partial charge in [0, 0.05) is 13.1 Å². The lowest BCUT2D eigenvalue weighted by Gasteiger charge is -2.27. The Morgan fingerprint density at radius 1 is 1.19 bits per heavy atom. The molecule has 1 aliphatic heterocycles. The van der Waals surface area contributed by atoms with E-state index in [9.17, 15) is 4.79 Å². The van der Waals surface area contributed by atoms with Gasteiger partial charge in [0.2, 0.25) is 5.91 Å². The summed E-state index contributed by atoms with van der Waals surface area (Å²) in [5.41, 5.74) is 0. The fourth-order valence-electron chi connectivity index (χ4n) is 3.12. The smallest absolute Gasteiger partial charge is 0.241 e. The van der Waals surface area contributed by atoms with E-state index in [2.05, 4.69) is 49.7 Å². The highest BCUT2D eigenvalue weighted by atomic mass is 16.2. The monoisotopic (exact) mass is 297 g/mol. The highest BCUT2D eigenvalue weighted by Crippen LogP contribution is 2.21. The summed E-state index contributed by atoms with van der Waals surface area (Å²) in [4.78, 5) is 17.2. The van der Waals surface area contributed by atoms with Crippen LogP contribution in [0.1, 0.15) is 60.3 Å². The summed E-state index contributed by atoms with van der Waals surface area (Å²) in [5, 5.41) is 3.57. The molecule has 1 heterocycles. The van der Waals surface area contributed by atoms with Crippen LogP contribution in [-0.4, -0.2) is 54.1 Å². The average molecular weight is 297 g/mol. The molecule has 0 aliphatic carbocycles. The van der Waals surface area contributed by atoms with Crippen molar-refractivity contribution >= 4 is 5.91 Å². The summed E-state index contributed by atoms with van der Waals surface area (Å²) in [6.07, 6.45) is 4.63. The fourth-order valence-corrected chi connectivity index (χ4v) is 3.12. The first kappa shape index (κ1) is 18.4. The summed E-state index contributed by atoms with van der Waals surface area (Å²) >= 11 is 0. The highest BCUT2D eigenvalue weighted by Gasteiger charge is 2.40. The molecule has 4 nitrogen and oxygen atoms in total. The molecule has 0 aromatic rings. The number of nitrogens with one attached hydrogen (secondary N) is 1. The van der Waals surface area contributed by atoms with E-state index in [0.717, 1.165) is 45.4 Å². The van der Waals surface area contributed by atoms with Crippen LogP contribution in [0.3, 0.4) is 0 Å². The molecule has 1 N–H and O–H groups in total. The van der Waals surface area contributed by atoms with Crippen LogP contribution in [0.4, 0.5) is 0 Å². The molecular formula is C17H35N3O. The number of likely N-dealkylation sites (N-methyl/N-ethyl adjacent to an activating group) is 1. The zero-order valence-electron chi connectivity index (χ0n) is 14.7. The van der Waals surface area contributed by atoms with Gasteiger partial charge in [0.25, 0.3) is 0 Å². The first-order chi connectivity index (χ1) is 10.1. The van der Waals surface area contributed by atoms with Gasteiger partial charge in [-0.3, -0.25) is 10.1 Å². The van der Waals surface area contributed by atoms with Crippen LogP contribution in [0.15, 0.2) is 0 Å². The van der Waals surface area contributed by atoms with Crippen molar-refractivity contribution in [1.29, 1.82) is 0 Å². The average Bonchev–Trinajstić information content (AvgIpc) is 2.79. The molecule has 0 bridgehead atoms. The predicted octanol–water partition coefficient (Wildman–Crippen LogP) is 2.69. The van der Waals surface area contributed by atoms with E-state index in [1.54, 1.807) is 0 Å². The van der Waals surface area contributed by atoms with Gasteiger partial charge in [-0.1, -0.05) is 47.5 Å². The van der Waals surface area contributed by atoms with Gasteiger partial charge in [0.15, 0.2) is 0 Å². The molecule has 0 aromatic carbocycles. The van der Waals surface area contributed by atoms with Crippen LogP contribution < -0.4 is 5.32 Å². The minimum Gasteiger partial charge on any atom is -0.325 e. The molecule has 1 amide bonds. The Bertz CT molecular complexity index is 308. The molecule has 3 unspecified atom stereocenters. The molecule has 1 saturated heterocycles. The largest absolute Gasteiger partial charge is 0.325 e. The SMILES string of the molecule is CCCC1NC(C(C)CC)C(=O)N1CCN(CC)CCC. The maximum Gasteiger partial charge on any atom is 0.241 e.